The van der Waals surface area contributed by atoms with E-state index < -0.39 is 34.1 Å². The van der Waals surface area contributed by atoms with E-state index in [0.717, 1.165) is 5.56 Å². The van der Waals surface area contributed by atoms with Crippen LogP contribution in [0.15, 0.2) is 59.5 Å². The molecule has 0 aliphatic heterocycles. The molecule has 2 amide bonds. The number of benzene rings is 2. The van der Waals surface area contributed by atoms with Crippen molar-refractivity contribution in [2.24, 2.45) is 11.8 Å². The van der Waals surface area contributed by atoms with Crippen LogP contribution in [-0.2, 0) is 26.0 Å². The maximum absolute atomic E-state index is 13.6. The minimum absolute atomic E-state index is 0.0116. The molecule has 2 aromatic rings. The highest BCUT2D eigenvalue weighted by atomic mass is 32.2. The van der Waals surface area contributed by atoms with Gasteiger partial charge in [-0.15, -0.1) is 0 Å². The van der Waals surface area contributed by atoms with Crippen molar-refractivity contribution in [2.45, 2.75) is 64.1 Å². The molecular formula is C28H41N3O6S. The Morgan fingerprint density at radius 3 is 2.05 bits per heavy atom. The van der Waals surface area contributed by atoms with E-state index in [0.29, 0.717) is 5.75 Å². The third-order valence-corrected chi connectivity index (χ3v) is 7.90. The van der Waals surface area contributed by atoms with E-state index in [-0.39, 0.29) is 42.1 Å². The summed E-state index contributed by atoms with van der Waals surface area (Å²) < 4.78 is 33.5. The van der Waals surface area contributed by atoms with Crippen molar-refractivity contribution in [1.82, 2.24) is 14.9 Å². The Labute approximate surface area is 226 Å². The van der Waals surface area contributed by atoms with Gasteiger partial charge in [-0.3, -0.25) is 9.59 Å². The number of carbonyl (C=O) groups is 2. The van der Waals surface area contributed by atoms with Crippen molar-refractivity contribution in [2.75, 3.05) is 20.2 Å². The molecule has 0 aliphatic carbocycles. The van der Waals surface area contributed by atoms with Crippen molar-refractivity contribution in [3.05, 3.63) is 60.2 Å². The summed E-state index contributed by atoms with van der Waals surface area (Å²) in [5.41, 5.74) is 0.867. The van der Waals surface area contributed by atoms with E-state index >= 15 is 0 Å². The summed E-state index contributed by atoms with van der Waals surface area (Å²) in [6.07, 6.45) is -0.951. The smallest absolute Gasteiger partial charge is 0.243 e. The van der Waals surface area contributed by atoms with Crippen molar-refractivity contribution in [3.63, 3.8) is 0 Å². The molecule has 0 saturated heterocycles. The fraction of sp³-hybridized carbons (Fsp3) is 0.500. The summed E-state index contributed by atoms with van der Waals surface area (Å²) in [6.45, 7) is 8.71. The number of hydrogen-bond acceptors (Lipinski definition) is 6. The molecule has 0 fully saturated rings. The largest absolute Gasteiger partial charge is 0.497 e. The summed E-state index contributed by atoms with van der Waals surface area (Å²) in [4.78, 5) is 25.0. The van der Waals surface area contributed by atoms with Gasteiger partial charge in [0.25, 0.3) is 0 Å². The van der Waals surface area contributed by atoms with Crippen molar-refractivity contribution in [3.8, 4) is 5.75 Å². The lowest BCUT2D eigenvalue weighted by molar-refractivity contribution is -0.130. The van der Waals surface area contributed by atoms with Crippen LogP contribution in [0.5, 0.6) is 5.75 Å². The molecule has 3 atom stereocenters. The number of rotatable bonds is 14. The molecule has 0 spiro atoms. The first kappa shape index (κ1) is 31.3. The monoisotopic (exact) mass is 547 g/mol. The summed E-state index contributed by atoms with van der Waals surface area (Å²) >= 11 is 0. The van der Waals surface area contributed by atoms with E-state index in [1.54, 1.807) is 12.1 Å². The van der Waals surface area contributed by atoms with Gasteiger partial charge in [0, 0.05) is 20.0 Å². The molecule has 0 radical (unpaired) electrons. The Bertz CT molecular complexity index is 1140. The number of aliphatic hydroxyl groups excluding tert-OH is 1. The van der Waals surface area contributed by atoms with Crippen LogP contribution in [0.3, 0.4) is 0 Å². The van der Waals surface area contributed by atoms with Crippen LogP contribution in [0.1, 0.15) is 40.2 Å². The second kappa shape index (κ2) is 14.3. The Balaban J connectivity index is 2.37. The van der Waals surface area contributed by atoms with Gasteiger partial charge in [0.15, 0.2) is 0 Å². The molecule has 0 heterocycles. The zero-order valence-corrected chi connectivity index (χ0v) is 23.9. The zero-order chi connectivity index (χ0) is 28.5. The molecular weight excluding hydrogens is 506 g/mol. The zero-order valence-electron chi connectivity index (χ0n) is 23.0. The predicted octanol–water partition coefficient (Wildman–Crippen LogP) is 2.59. The number of aliphatic hydroxyl groups is 1. The quantitative estimate of drug-likeness (QED) is 0.334. The van der Waals surface area contributed by atoms with Crippen LogP contribution in [0.25, 0.3) is 0 Å². The Hall–Kier alpha value is -2.95. The molecule has 9 nitrogen and oxygen atoms in total. The van der Waals surface area contributed by atoms with Gasteiger partial charge >= 0.3 is 0 Å². The fourth-order valence-electron chi connectivity index (χ4n) is 4.09. The molecule has 0 saturated carbocycles. The van der Waals surface area contributed by atoms with Gasteiger partial charge in [0.2, 0.25) is 21.8 Å². The third-order valence-electron chi connectivity index (χ3n) is 6.06. The van der Waals surface area contributed by atoms with E-state index in [1.165, 1.54) is 30.5 Å². The third kappa shape index (κ3) is 9.11. The molecule has 210 valence electrons. The highest BCUT2D eigenvalue weighted by Crippen LogP contribution is 2.22. The Morgan fingerprint density at radius 1 is 0.947 bits per heavy atom. The van der Waals surface area contributed by atoms with Crippen LogP contribution in [-0.4, -0.2) is 68.0 Å². The number of sulfonamides is 1. The van der Waals surface area contributed by atoms with Gasteiger partial charge < -0.3 is 20.5 Å². The average molecular weight is 548 g/mol. The first-order valence-corrected chi connectivity index (χ1v) is 14.2. The first-order valence-electron chi connectivity index (χ1n) is 12.8. The summed E-state index contributed by atoms with van der Waals surface area (Å²) in [5, 5.41) is 16.9. The van der Waals surface area contributed by atoms with E-state index in [4.69, 9.17) is 4.74 Å². The standard InChI is InChI=1S/C28H41N3O6S/c1-19(2)17-31(38(35,36)24-14-12-23(37-6)13-15-24)18-26(33)25(16-22-10-8-7-9-11-22)30-28(34)27(20(3)4)29-21(5)32/h7-15,19-20,25-27,33H,16-18H2,1-6H3,(H,29,32)(H,30,34)/t25-,26+,27+/m0/s1. The predicted molar refractivity (Wildman–Crippen MR) is 147 cm³/mol. The average Bonchev–Trinajstić information content (AvgIpc) is 2.86. The second-order valence-electron chi connectivity index (χ2n) is 10.2. The molecule has 38 heavy (non-hydrogen) atoms. The summed E-state index contributed by atoms with van der Waals surface area (Å²) in [7, 11) is -2.45. The van der Waals surface area contributed by atoms with Crippen LogP contribution in [0, 0.1) is 11.8 Å². The molecule has 0 aromatic heterocycles. The number of hydrogen-bond donors (Lipinski definition) is 3. The summed E-state index contributed by atoms with van der Waals surface area (Å²) in [6, 6.07) is 13.8. The highest BCUT2D eigenvalue weighted by Gasteiger charge is 2.33. The van der Waals surface area contributed by atoms with Gasteiger partial charge in [-0.2, -0.15) is 4.31 Å². The lowest BCUT2D eigenvalue weighted by atomic mass is 9.98. The van der Waals surface area contributed by atoms with Gasteiger partial charge in [0.05, 0.1) is 24.2 Å². The first-order chi connectivity index (χ1) is 17.8. The Morgan fingerprint density at radius 2 is 1.55 bits per heavy atom. The van der Waals surface area contributed by atoms with Crippen molar-refractivity contribution in [1.29, 1.82) is 0 Å². The highest BCUT2D eigenvalue weighted by molar-refractivity contribution is 7.89. The molecule has 2 rings (SSSR count). The lowest BCUT2D eigenvalue weighted by Crippen LogP contribution is -2.56. The molecule has 3 N–H and O–H groups in total. The van der Waals surface area contributed by atoms with Gasteiger partial charge in [-0.05, 0) is 48.1 Å². The number of ether oxygens (including phenoxy) is 1. The molecule has 2 aromatic carbocycles. The molecule has 0 aliphatic rings. The van der Waals surface area contributed by atoms with E-state index in [2.05, 4.69) is 10.6 Å². The van der Waals surface area contributed by atoms with E-state index in [1.807, 2.05) is 58.0 Å². The van der Waals surface area contributed by atoms with Crippen molar-refractivity contribution >= 4 is 21.8 Å². The van der Waals surface area contributed by atoms with Crippen LogP contribution in [0.2, 0.25) is 0 Å². The second-order valence-corrected chi connectivity index (χ2v) is 12.1. The topological polar surface area (TPSA) is 125 Å². The number of carbonyl (C=O) groups excluding carboxylic acids is 2. The number of nitrogens with one attached hydrogen (secondary N) is 2. The van der Waals surface area contributed by atoms with Crippen LogP contribution in [0.4, 0.5) is 0 Å². The Kier molecular flexibility index (Phi) is 11.7. The SMILES string of the molecule is COc1ccc(S(=O)(=O)N(CC(C)C)C[C@@H](O)[C@H](Cc2ccccc2)NC(=O)[C@H](NC(C)=O)C(C)C)cc1. The lowest BCUT2D eigenvalue weighted by Gasteiger charge is -2.32. The molecule has 10 heteroatoms. The van der Waals surface area contributed by atoms with Gasteiger partial charge in [-0.25, -0.2) is 8.42 Å². The maximum Gasteiger partial charge on any atom is 0.243 e. The number of amides is 2. The number of methoxy groups -OCH3 is 1. The van der Waals surface area contributed by atoms with Crippen LogP contribution < -0.4 is 15.4 Å². The van der Waals surface area contributed by atoms with Gasteiger partial charge in [0.1, 0.15) is 11.8 Å². The molecule has 0 bridgehead atoms. The fourth-order valence-corrected chi connectivity index (χ4v) is 5.71. The van der Waals surface area contributed by atoms with Gasteiger partial charge in [-0.1, -0.05) is 58.0 Å². The van der Waals surface area contributed by atoms with E-state index in [9.17, 15) is 23.1 Å². The molecule has 0 unspecified atom stereocenters. The number of nitrogens with zero attached hydrogens (tertiary/aromatic N) is 1. The van der Waals surface area contributed by atoms with Crippen molar-refractivity contribution < 1.29 is 27.9 Å². The van der Waals surface area contributed by atoms with Crippen LogP contribution >= 0.6 is 0 Å². The minimum atomic E-state index is -3.95. The normalized spacial score (nSPS) is 14.3. The minimum Gasteiger partial charge on any atom is -0.497 e. The summed E-state index contributed by atoms with van der Waals surface area (Å²) in [5.74, 6) is -0.455. The maximum atomic E-state index is 13.6.